The van der Waals surface area contributed by atoms with Gasteiger partial charge in [-0.3, -0.25) is 4.79 Å². The first kappa shape index (κ1) is 22.0. The lowest BCUT2D eigenvalue weighted by molar-refractivity contribution is -0.142. The van der Waals surface area contributed by atoms with Gasteiger partial charge in [-0.05, 0) is 62.6 Å². The second-order valence-electron chi connectivity index (χ2n) is 6.61. The van der Waals surface area contributed by atoms with E-state index in [0.29, 0.717) is 18.1 Å². The van der Waals surface area contributed by atoms with E-state index in [1.165, 1.54) is 6.08 Å². The second-order valence-corrected chi connectivity index (χ2v) is 6.61. The Bertz CT molecular complexity index is 894. The zero-order valence-corrected chi connectivity index (χ0v) is 17.5. The van der Waals surface area contributed by atoms with E-state index < -0.39 is 5.97 Å². The molecule has 2 rings (SSSR count). The summed E-state index contributed by atoms with van der Waals surface area (Å²) in [5.74, 6) is 0.216. The maximum Gasteiger partial charge on any atom is 0.331 e. The van der Waals surface area contributed by atoms with Gasteiger partial charge in [0.2, 0.25) is 0 Å². The van der Waals surface area contributed by atoms with Crippen LogP contribution in [0.15, 0.2) is 36.4 Å². The minimum absolute atomic E-state index is 0.359. The molecule has 0 heterocycles. The van der Waals surface area contributed by atoms with Gasteiger partial charge in [-0.1, -0.05) is 23.8 Å². The van der Waals surface area contributed by atoms with Gasteiger partial charge in [-0.2, -0.15) is 0 Å². The van der Waals surface area contributed by atoms with Gasteiger partial charge < -0.3 is 19.5 Å². The Morgan fingerprint density at radius 1 is 1.03 bits per heavy atom. The molecule has 0 saturated carbocycles. The molecule has 6 heteroatoms. The van der Waals surface area contributed by atoms with Gasteiger partial charge in [0.25, 0.3) is 5.91 Å². The van der Waals surface area contributed by atoms with Gasteiger partial charge in [0.15, 0.2) is 18.1 Å². The predicted molar refractivity (Wildman–Crippen MR) is 113 cm³/mol. The number of amides is 1. The standard InChI is InChI=1S/C23H27NO5/c1-6-28-19-9-7-18(13-20(19)27-5)8-10-22(26)29-14-21(25)24-23-16(3)11-15(2)12-17(23)4/h7-13H,6,14H2,1-5H3,(H,24,25)/b10-8+. The Morgan fingerprint density at radius 3 is 2.34 bits per heavy atom. The third kappa shape index (κ3) is 6.38. The van der Waals surface area contributed by atoms with Crippen molar-refractivity contribution in [2.45, 2.75) is 27.7 Å². The first-order chi connectivity index (χ1) is 13.8. The summed E-state index contributed by atoms with van der Waals surface area (Å²) in [6, 6.07) is 9.30. The van der Waals surface area contributed by atoms with E-state index >= 15 is 0 Å². The molecule has 0 atom stereocenters. The number of ether oxygens (including phenoxy) is 3. The fraction of sp³-hybridized carbons (Fsp3) is 0.304. The van der Waals surface area contributed by atoms with Crippen LogP contribution in [-0.4, -0.2) is 32.2 Å². The molecule has 0 aliphatic rings. The van der Waals surface area contributed by atoms with E-state index in [1.54, 1.807) is 31.4 Å². The van der Waals surface area contributed by atoms with Crippen molar-refractivity contribution in [3.8, 4) is 11.5 Å². The molecule has 0 saturated heterocycles. The Morgan fingerprint density at radius 2 is 1.72 bits per heavy atom. The van der Waals surface area contributed by atoms with Gasteiger partial charge in [0, 0.05) is 11.8 Å². The molecule has 2 aromatic rings. The van der Waals surface area contributed by atoms with Crippen molar-refractivity contribution in [1.82, 2.24) is 0 Å². The molecule has 0 fully saturated rings. The Kier molecular flexibility index (Phi) is 7.83. The maximum absolute atomic E-state index is 12.1. The van der Waals surface area contributed by atoms with Crippen LogP contribution in [0.3, 0.4) is 0 Å². The van der Waals surface area contributed by atoms with E-state index in [-0.39, 0.29) is 12.5 Å². The molecular weight excluding hydrogens is 370 g/mol. The number of esters is 1. The van der Waals surface area contributed by atoms with Crippen LogP contribution in [0, 0.1) is 20.8 Å². The van der Waals surface area contributed by atoms with Crippen LogP contribution in [0.2, 0.25) is 0 Å². The Hall–Kier alpha value is -3.28. The van der Waals surface area contributed by atoms with Crippen molar-refractivity contribution < 1.29 is 23.8 Å². The van der Waals surface area contributed by atoms with Crippen molar-refractivity contribution in [2.75, 3.05) is 25.6 Å². The zero-order valence-electron chi connectivity index (χ0n) is 17.5. The summed E-state index contributed by atoms with van der Waals surface area (Å²) in [7, 11) is 1.55. The molecule has 0 unspecified atom stereocenters. The molecular formula is C23H27NO5. The highest BCUT2D eigenvalue weighted by atomic mass is 16.5. The number of anilines is 1. The quantitative estimate of drug-likeness (QED) is 0.533. The summed E-state index contributed by atoms with van der Waals surface area (Å²) in [6.07, 6.45) is 2.86. The van der Waals surface area contributed by atoms with E-state index in [2.05, 4.69) is 5.32 Å². The highest BCUT2D eigenvalue weighted by Crippen LogP contribution is 2.28. The summed E-state index contributed by atoms with van der Waals surface area (Å²) in [5, 5.41) is 2.80. The lowest BCUT2D eigenvalue weighted by atomic mass is 10.1. The molecule has 1 N–H and O–H groups in total. The number of hydrogen-bond acceptors (Lipinski definition) is 5. The van der Waals surface area contributed by atoms with Gasteiger partial charge >= 0.3 is 5.97 Å². The number of hydrogen-bond donors (Lipinski definition) is 1. The van der Waals surface area contributed by atoms with Crippen LogP contribution in [0.4, 0.5) is 5.69 Å². The Balaban J connectivity index is 1.92. The molecule has 6 nitrogen and oxygen atoms in total. The van der Waals surface area contributed by atoms with Crippen LogP contribution < -0.4 is 14.8 Å². The summed E-state index contributed by atoms with van der Waals surface area (Å²) >= 11 is 0. The lowest BCUT2D eigenvalue weighted by Crippen LogP contribution is -2.21. The van der Waals surface area contributed by atoms with Crippen LogP contribution in [0.5, 0.6) is 11.5 Å². The molecule has 1 amide bonds. The molecule has 2 aromatic carbocycles. The first-order valence-electron chi connectivity index (χ1n) is 9.37. The van der Waals surface area contributed by atoms with Crippen LogP contribution in [-0.2, 0) is 14.3 Å². The zero-order chi connectivity index (χ0) is 21.4. The fourth-order valence-corrected chi connectivity index (χ4v) is 2.96. The van der Waals surface area contributed by atoms with E-state index in [9.17, 15) is 9.59 Å². The highest BCUT2D eigenvalue weighted by Gasteiger charge is 2.10. The average molecular weight is 397 g/mol. The normalized spacial score (nSPS) is 10.7. The van der Waals surface area contributed by atoms with Gasteiger partial charge in [-0.15, -0.1) is 0 Å². The van der Waals surface area contributed by atoms with Crippen LogP contribution in [0.1, 0.15) is 29.2 Å². The molecule has 0 radical (unpaired) electrons. The maximum atomic E-state index is 12.1. The van der Waals surface area contributed by atoms with E-state index in [1.807, 2.05) is 39.8 Å². The number of nitrogens with one attached hydrogen (secondary N) is 1. The van der Waals surface area contributed by atoms with Gasteiger partial charge in [-0.25, -0.2) is 4.79 Å². The molecule has 29 heavy (non-hydrogen) atoms. The monoisotopic (exact) mass is 397 g/mol. The third-order valence-corrected chi connectivity index (χ3v) is 4.19. The molecule has 0 aliphatic heterocycles. The van der Waals surface area contributed by atoms with E-state index in [4.69, 9.17) is 14.2 Å². The lowest BCUT2D eigenvalue weighted by Gasteiger charge is -2.12. The SMILES string of the molecule is CCOc1ccc(/C=C/C(=O)OCC(=O)Nc2c(C)cc(C)cc2C)cc1OC. The Labute approximate surface area is 171 Å². The van der Waals surface area contributed by atoms with Crippen molar-refractivity contribution in [3.05, 3.63) is 58.7 Å². The number of methoxy groups -OCH3 is 1. The minimum Gasteiger partial charge on any atom is -0.493 e. The number of aryl methyl sites for hydroxylation is 3. The molecule has 0 bridgehead atoms. The van der Waals surface area contributed by atoms with Crippen molar-refractivity contribution >= 4 is 23.6 Å². The van der Waals surface area contributed by atoms with Crippen molar-refractivity contribution in [1.29, 1.82) is 0 Å². The number of benzene rings is 2. The predicted octanol–water partition coefficient (Wildman–Crippen LogP) is 4.21. The largest absolute Gasteiger partial charge is 0.493 e. The highest BCUT2D eigenvalue weighted by molar-refractivity contribution is 5.95. The summed E-state index contributed by atoms with van der Waals surface area (Å²) in [4.78, 5) is 24.1. The molecule has 0 aromatic heterocycles. The van der Waals surface area contributed by atoms with Crippen LogP contribution in [0.25, 0.3) is 6.08 Å². The summed E-state index contributed by atoms with van der Waals surface area (Å²) in [6.45, 7) is 7.91. The van der Waals surface area contributed by atoms with Gasteiger partial charge in [0.05, 0.1) is 13.7 Å². The third-order valence-electron chi connectivity index (χ3n) is 4.19. The van der Waals surface area contributed by atoms with Crippen molar-refractivity contribution in [2.24, 2.45) is 0 Å². The van der Waals surface area contributed by atoms with Gasteiger partial charge in [0.1, 0.15) is 0 Å². The topological polar surface area (TPSA) is 73.9 Å². The second kappa shape index (κ2) is 10.3. The molecule has 154 valence electrons. The smallest absolute Gasteiger partial charge is 0.331 e. The molecule has 0 spiro atoms. The minimum atomic E-state index is -0.606. The van der Waals surface area contributed by atoms with E-state index in [0.717, 1.165) is 27.9 Å². The molecule has 0 aliphatic carbocycles. The summed E-state index contributed by atoms with van der Waals surface area (Å²) < 4.78 is 15.8. The van der Waals surface area contributed by atoms with Crippen molar-refractivity contribution in [3.63, 3.8) is 0 Å². The number of carbonyl (C=O) groups excluding carboxylic acids is 2. The first-order valence-corrected chi connectivity index (χ1v) is 9.37. The summed E-state index contributed by atoms with van der Waals surface area (Å²) in [5.41, 5.74) is 4.55. The fourth-order valence-electron chi connectivity index (χ4n) is 2.96. The van der Waals surface area contributed by atoms with Crippen LogP contribution >= 0.6 is 0 Å². The number of rotatable bonds is 8. The average Bonchev–Trinajstić information content (AvgIpc) is 2.68. The number of carbonyl (C=O) groups is 2.